The van der Waals surface area contributed by atoms with Crippen LogP contribution in [0, 0.1) is 5.41 Å². The van der Waals surface area contributed by atoms with Gasteiger partial charge in [-0.3, -0.25) is 0 Å². The lowest BCUT2D eigenvalue weighted by molar-refractivity contribution is 0.0420. The van der Waals surface area contributed by atoms with Crippen LogP contribution >= 0.6 is 0 Å². The Bertz CT molecular complexity index is 177. The smallest absolute Gasteiger partial charge is 0.0509 e. The van der Waals surface area contributed by atoms with E-state index in [1.54, 1.807) is 0 Å². The Labute approximate surface area is 137 Å². The Kier molecular flexibility index (Phi) is 20.7. The van der Waals surface area contributed by atoms with E-state index in [1.165, 1.54) is 19.3 Å². The molecule has 0 amide bonds. The van der Waals surface area contributed by atoms with E-state index >= 15 is 0 Å². The van der Waals surface area contributed by atoms with Crippen molar-refractivity contribution in [1.29, 1.82) is 0 Å². The first kappa shape index (κ1) is 24.1. The van der Waals surface area contributed by atoms with Crippen LogP contribution in [-0.2, 0) is 0 Å². The lowest BCUT2D eigenvalue weighted by Crippen LogP contribution is -2.28. The second kappa shape index (κ2) is 18.9. The number of hydrogen-bond donors (Lipinski definition) is 4. The highest BCUT2D eigenvalue weighted by Gasteiger charge is 2.25. The summed E-state index contributed by atoms with van der Waals surface area (Å²) in [6.45, 7) is 5.02. The minimum absolute atomic E-state index is 0.111. The summed E-state index contributed by atoms with van der Waals surface area (Å²) in [5.41, 5.74) is -0.212. The lowest BCUT2D eigenvalue weighted by Gasteiger charge is -2.27. The van der Waals surface area contributed by atoms with Gasteiger partial charge in [-0.05, 0) is 25.7 Å². The predicted molar refractivity (Wildman–Crippen MR) is 92.9 cm³/mol. The minimum Gasteiger partial charge on any atom is -0.396 e. The van der Waals surface area contributed by atoms with Crippen LogP contribution in [0.5, 0.6) is 0 Å². The van der Waals surface area contributed by atoms with Gasteiger partial charge < -0.3 is 20.4 Å². The van der Waals surface area contributed by atoms with E-state index in [-0.39, 0.29) is 18.6 Å². The molecule has 0 spiro atoms. The average molecular weight is 321 g/mol. The molecule has 136 valence electrons. The molecule has 0 saturated carbocycles. The van der Waals surface area contributed by atoms with E-state index in [0.29, 0.717) is 13.2 Å². The molecule has 0 aromatic carbocycles. The number of unbranched alkanes of at least 4 members (excludes halogenated alkanes) is 7. The van der Waals surface area contributed by atoms with Crippen LogP contribution in [-0.4, -0.2) is 46.9 Å². The normalized spacial score (nSPS) is 11.2. The van der Waals surface area contributed by atoms with Crippen molar-refractivity contribution >= 4 is 0 Å². The highest BCUT2D eigenvalue weighted by Crippen LogP contribution is 2.27. The summed E-state index contributed by atoms with van der Waals surface area (Å²) in [5.74, 6) is 0. The summed E-state index contributed by atoms with van der Waals surface area (Å²) >= 11 is 0. The molecule has 0 aliphatic carbocycles. The second-order valence-corrected chi connectivity index (χ2v) is 6.20. The molecule has 0 aromatic heterocycles. The van der Waals surface area contributed by atoms with Crippen molar-refractivity contribution in [3.8, 4) is 0 Å². The maximum atomic E-state index is 9.04. The fourth-order valence-electron chi connectivity index (χ4n) is 2.27. The van der Waals surface area contributed by atoms with E-state index in [0.717, 1.165) is 51.4 Å². The molecule has 0 saturated heterocycles. The zero-order valence-corrected chi connectivity index (χ0v) is 14.9. The van der Waals surface area contributed by atoms with Crippen LogP contribution in [0.3, 0.4) is 0 Å². The third-order valence-corrected chi connectivity index (χ3v) is 4.30. The molecule has 0 bridgehead atoms. The molecule has 4 N–H and O–H groups in total. The van der Waals surface area contributed by atoms with E-state index in [1.807, 2.05) is 6.92 Å². The van der Waals surface area contributed by atoms with Crippen LogP contribution in [0.4, 0.5) is 0 Å². The highest BCUT2D eigenvalue weighted by atomic mass is 16.3. The van der Waals surface area contributed by atoms with Gasteiger partial charge in [0, 0.05) is 18.6 Å². The van der Waals surface area contributed by atoms with Crippen molar-refractivity contribution in [2.45, 2.75) is 84.5 Å². The Hall–Kier alpha value is -0.160. The summed E-state index contributed by atoms with van der Waals surface area (Å²) in [7, 11) is 0. The van der Waals surface area contributed by atoms with Crippen molar-refractivity contribution in [3.05, 3.63) is 0 Å². The van der Waals surface area contributed by atoms with Gasteiger partial charge in [0.05, 0.1) is 13.2 Å². The summed E-state index contributed by atoms with van der Waals surface area (Å²) < 4.78 is 0. The zero-order chi connectivity index (χ0) is 17.1. The van der Waals surface area contributed by atoms with Crippen molar-refractivity contribution in [3.63, 3.8) is 0 Å². The molecule has 0 radical (unpaired) electrons. The van der Waals surface area contributed by atoms with Gasteiger partial charge in [0.1, 0.15) is 0 Å². The Morgan fingerprint density at radius 2 is 1.00 bits per heavy atom. The van der Waals surface area contributed by atoms with Gasteiger partial charge in [0.25, 0.3) is 0 Å². The average Bonchev–Trinajstić information content (AvgIpc) is 2.57. The van der Waals surface area contributed by atoms with Gasteiger partial charge in [0.2, 0.25) is 0 Å². The zero-order valence-electron chi connectivity index (χ0n) is 14.9. The van der Waals surface area contributed by atoms with E-state index < -0.39 is 0 Å². The first-order valence-electron chi connectivity index (χ1n) is 9.09. The van der Waals surface area contributed by atoms with E-state index in [2.05, 4.69) is 6.92 Å². The molecular weight excluding hydrogens is 280 g/mol. The van der Waals surface area contributed by atoms with Crippen molar-refractivity contribution in [2.24, 2.45) is 5.41 Å². The molecule has 0 fully saturated rings. The molecular formula is C18H40O4. The number of aliphatic hydroxyl groups excluding tert-OH is 4. The molecule has 0 heterocycles. The molecule has 22 heavy (non-hydrogen) atoms. The molecule has 0 aliphatic rings. The summed E-state index contributed by atoms with van der Waals surface area (Å²) in [4.78, 5) is 0. The third kappa shape index (κ3) is 14.8. The Morgan fingerprint density at radius 1 is 0.591 bits per heavy atom. The second-order valence-electron chi connectivity index (χ2n) is 6.20. The summed E-state index contributed by atoms with van der Waals surface area (Å²) in [6.07, 6.45) is 11.9. The molecule has 4 nitrogen and oxygen atoms in total. The third-order valence-electron chi connectivity index (χ3n) is 4.30. The van der Waals surface area contributed by atoms with Crippen molar-refractivity contribution < 1.29 is 20.4 Å². The monoisotopic (exact) mass is 320 g/mol. The lowest BCUT2D eigenvalue weighted by atomic mass is 9.82. The van der Waals surface area contributed by atoms with Gasteiger partial charge in [-0.15, -0.1) is 0 Å². The quantitative estimate of drug-likeness (QED) is 0.370. The van der Waals surface area contributed by atoms with Crippen molar-refractivity contribution in [2.75, 3.05) is 26.4 Å². The maximum absolute atomic E-state index is 9.04. The van der Waals surface area contributed by atoms with Gasteiger partial charge in [0.15, 0.2) is 0 Å². The fraction of sp³-hybridized carbons (Fsp3) is 1.00. The molecule has 0 atom stereocenters. The largest absolute Gasteiger partial charge is 0.396 e. The number of rotatable bonds is 14. The van der Waals surface area contributed by atoms with E-state index in [9.17, 15) is 0 Å². The Balaban J connectivity index is 0. The first-order valence-corrected chi connectivity index (χ1v) is 9.09. The summed E-state index contributed by atoms with van der Waals surface area (Å²) in [6, 6.07) is 0. The maximum Gasteiger partial charge on any atom is 0.0509 e. The fourth-order valence-corrected chi connectivity index (χ4v) is 2.27. The van der Waals surface area contributed by atoms with Gasteiger partial charge in [-0.25, -0.2) is 0 Å². The SMILES string of the molecule is CCCCC(CC)(CO)CO.OCCCCCCCCCO. The Morgan fingerprint density at radius 3 is 1.27 bits per heavy atom. The minimum atomic E-state index is -0.212. The molecule has 0 aliphatic heterocycles. The van der Waals surface area contributed by atoms with Crippen LogP contribution in [0.1, 0.15) is 84.5 Å². The number of hydrogen-bond acceptors (Lipinski definition) is 4. The summed E-state index contributed by atoms with van der Waals surface area (Å²) in [5, 5.41) is 35.0. The molecule has 4 heteroatoms. The van der Waals surface area contributed by atoms with Crippen LogP contribution < -0.4 is 0 Å². The van der Waals surface area contributed by atoms with E-state index in [4.69, 9.17) is 20.4 Å². The van der Waals surface area contributed by atoms with Crippen molar-refractivity contribution in [1.82, 2.24) is 0 Å². The van der Waals surface area contributed by atoms with Crippen LogP contribution in [0.15, 0.2) is 0 Å². The number of aliphatic hydroxyl groups is 4. The van der Waals surface area contributed by atoms with Crippen LogP contribution in [0.25, 0.3) is 0 Å². The van der Waals surface area contributed by atoms with Gasteiger partial charge in [-0.2, -0.15) is 0 Å². The van der Waals surface area contributed by atoms with Crippen LogP contribution in [0.2, 0.25) is 0 Å². The van der Waals surface area contributed by atoms with Gasteiger partial charge in [-0.1, -0.05) is 58.8 Å². The first-order chi connectivity index (χ1) is 10.7. The topological polar surface area (TPSA) is 80.9 Å². The predicted octanol–water partition coefficient (Wildman–Crippen LogP) is 3.26. The highest BCUT2D eigenvalue weighted by molar-refractivity contribution is 4.75. The standard InChI is InChI=1S/2C9H20O2/c1-3-5-6-9(4-2,7-10)8-11;10-8-6-4-2-1-3-5-7-9-11/h10-11H,3-8H2,1-2H3;10-11H,1-9H2. The molecule has 0 unspecified atom stereocenters. The molecule has 0 aromatic rings. The van der Waals surface area contributed by atoms with Gasteiger partial charge >= 0.3 is 0 Å². The molecule has 0 rings (SSSR count).